The molecule has 1 fully saturated rings. The second-order valence-corrected chi connectivity index (χ2v) is 6.84. The largest absolute Gasteiger partial charge is 0.391 e. The Morgan fingerprint density at radius 1 is 1.30 bits per heavy atom. The third kappa shape index (κ3) is 4.91. The molecule has 1 aromatic rings. The minimum Gasteiger partial charge on any atom is -0.311 e. The number of hydrogen-bond donors (Lipinski definition) is 1. The van der Waals surface area contributed by atoms with Gasteiger partial charge >= 0.3 is 6.18 Å². The van der Waals surface area contributed by atoms with Crippen LogP contribution in [-0.4, -0.2) is 37.3 Å². The first kappa shape index (κ1) is 16.1. The second kappa shape index (κ2) is 7.11. The fraction of sp³-hybridized carbons (Fsp3) is 0.692. The zero-order valence-electron chi connectivity index (χ0n) is 11.0. The van der Waals surface area contributed by atoms with Crippen LogP contribution in [0.15, 0.2) is 12.1 Å². The summed E-state index contributed by atoms with van der Waals surface area (Å²) in [5, 5.41) is 3.29. The second-order valence-electron chi connectivity index (χ2n) is 5.04. The quantitative estimate of drug-likeness (QED) is 0.829. The van der Waals surface area contributed by atoms with Crippen molar-refractivity contribution in [2.75, 3.05) is 26.2 Å². The molecular weight excluding hydrogens is 309 g/mol. The van der Waals surface area contributed by atoms with Crippen LogP contribution in [0.2, 0.25) is 4.34 Å². The van der Waals surface area contributed by atoms with Crippen LogP contribution in [0.25, 0.3) is 0 Å². The van der Waals surface area contributed by atoms with Crippen LogP contribution in [0.3, 0.4) is 0 Å². The lowest BCUT2D eigenvalue weighted by molar-refractivity contribution is -0.184. The number of rotatable bonds is 5. The fourth-order valence-corrected chi connectivity index (χ4v) is 3.44. The van der Waals surface area contributed by atoms with Crippen molar-refractivity contribution >= 4 is 22.9 Å². The van der Waals surface area contributed by atoms with Gasteiger partial charge in [0.2, 0.25) is 0 Å². The van der Waals surface area contributed by atoms with Gasteiger partial charge in [-0.3, -0.25) is 0 Å². The van der Waals surface area contributed by atoms with Gasteiger partial charge in [-0.25, -0.2) is 0 Å². The molecule has 1 aromatic heterocycles. The third-order valence-electron chi connectivity index (χ3n) is 3.58. The van der Waals surface area contributed by atoms with Crippen molar-refractivity contribution in [1.82, 2.24) is 10.2 Å². The zero-order chi connectivity index (χ0) is 14.6. The summed E-state index contributed by atoms with van der Waals surface area (Å²) in [7, 11) is 0. The minimum atomic E-state index is -4.03. The Balaban J connectivity index is 1.59. The normalized spacial score (nSPS) is 18.6. The molecule has 114 valence electrons. The molecule has 1 saturated heterocycles. The minimum absolute atomic E-state index is 0.226. The molecule has 2 rings (SSSR count). The number of nitrogens with zero attached hydrogens (tertiary/aromatic N) is 1. The van der Waals surface area contributed by atoms with Crippen molar-refractivity contribution in [1.29, 1.82) is 0 Å². The monoisotopic (exact) mass is 326 g/mol. The summed E-state index contributed by atoms with van der Waals surface area (Å²) in [6, 6.07) is 3.85. The van der Waals surface area contributed by atoms with E-state index in [-0.39, 0.29) is 12.8 Å². The standard InChI is InChI=1S/C13H18ClF3N2S/c14-12-2-1-11(20-12)9-18-5-8-19-6-3-10(4-7-19)13(15,16)17/h1-2,10,18H,3-9H2. The summed E-state index contributed by atoms with van der Waals surface area (Å²) in [6.45, 7) is 3.42. The van der Waals surface area contributed by atoms with Crippen LogP contribution < -0.4 is 5.32 Å². The maximum atomic E-state index is 12.5. The Bertz CT molecular complexity index is 414. The summed E-state index contributed by atoms with van der Waals surface area (Å²) in [5.41, 5.74) is 0. The summed E-state index contributed by atoms with van der Waals surface area (Å²) >= 11 is 7.38. The van der Waals surface area contributed by atoms with Gasteiger partial charge in [0.25, 0.3) is 0 Å². The summed E-state index contributed by atoms with van der Waals surface area (Å²) in [5.74, 6) is -1.11. The maximum absolute atomic E-state index is 12.5. The molecule has 0 unspecified atom stereocenters. The molecule has 2 nitrogen and oxygen atoms in total. The van der Waals surface area contributed by atoms with Gasteiger partial charge in [0.15, 0.2) is 0 Å². The highest BCUT2D eigenvalue weighted by Crippen LogP contribution is 2.33. The highest BCUT2D eigenvalue weighted by atomic mass is 35.5. The van der Waals surface area contributed by atoms with Crippen LogP contribution in [0.5, 0.6) is 0 Å². The van der Waals surface area contributed by atoms with E-state index < -0.39 is 12.1 Å². The number of piperidine rings is 1. The van der Waals surface area contributed by atoms with Crippen LogP contribution in [-0.2, 0) is 6.54 Å². The molecule has 0 radical (unpaired) electrons. The van der Waals surface area contributed by atoms with Crippen molar-refractivity contribution in [2.45, 2.75) is 25.6 Å². The highest BCUT2D eigenvalue weighted by molar-refractivity contribution is 7.16. The van der Waals surface area contributed by atoms with E-state index in [0.717, 1.165) is 24.0 Å². The highest BCUT2D eigenvalue weighted by Gasteiger charge is 2.40. The number of likely N-dealkylation sites (tertiary alicyclic amines) is 1. The van der Waals surface area contributed by atoms with Crippen LogP contribution >= 0.6 is 22.9 Å². The average Bonchev–Trinajstić information content (AvgIpc) is 2.80. The van der Waals surface area contributed by atoms with Gasteiger partial charge in [0.1, 0.15) is 0 Å². The Kier molecular flexibility index (Phi) is 5.72. The average molecular weight is 327 g/mol. The molecule has 0 spiro atoms. The van der Waals surface area contributed by atoms with Gasteiger partial charge in [-0.15, -0.1) is 11.3 Å². The number of alkyl halides is 3. The van der Waals surface area contributed by atoms with Crippen molar-refractivity contribution in [3.63, 3.8) is 0 Å². The molecule has 0 saturated carbocycles. The SMILES string of the molecule is FC(F)(F)C1CCN(CCNCc2ccc(Cl)s2)CC1. The van der Waals surface area contributed by atoms with Gasteiger partial charge in [-0.2, -0.15) is 13.2 Å². The molecule has 0 amide bonds. The van der Waals surface area contributed by atoms with Crippen molar-refractivity contribution in [3.8, 4) is 0 Å². The molecule has 0 bridgehead atoms. The molecule has 0 aromatic carbocycles. The predicted molar refractivity (Wildman–Crippen MR) is 76.3 cm³/mol. The van der Waals surface area contributed by atoms with Gasteiger partial charge in [-0.1, -0.05) is 11.6 Å². The maximum Gasteiger partial charge on any atom is 0.391 e. The Morgan fingerprint density at radius 3 is 2.55 bits per heavy atom. The molecule has 2 heterocycles. The number of halogens is 4. The van der Waals surface area contributed by atoms with Crippen LogP contribution in [0.1, 0.15) is 17.7 Å². The molecule has 1 N–H and O–H groups in total. The first-order chi connectivity index (χ1) is 9.45. The van der Waals surface area contributed by atoms with Crippen LogP contribution in [0, 0.1) is 5.92 Å². The summed E-state index contributed by atoms with van der Waals surface area (Å²) in [6.07, 6.45) is -3.57. The Labute approximate surface area is 125 Å². The van der Waals surface area contributed by atoms with E-state index in [2.05, 4.69) is 10.2 Å². The number of hydrogen-bond acceptors (Lipinski definition) is 3. The van der Waals surface area contributed by atoms with Gasteiger partial charge in [0, 0.05) is 24.5 Å². The van der Waals surface area contributed by atoms with E-state index in [4.69, 9.17) is 11.6 Å². The van der Waals surface area contributed by atoms with Crippen LogP contribution in [0.4, 0.5) is 13.2 Å². The van der Waals surface area contributed by atoms with E-state index in [9.17, 15) is 13.2 Å². The van der Waals surface area contributed by atoms with Crippen molar-refractivity contribution in [2.24, 2.45) is 5.92 Å². The van der Waals surface area contributed by atoms with E-state index in [1.807, 2.05) is 12.1 Å². The van der Waals surface area contributed by atoms with E-state index >= 15 is 0 Å². The van der Waals surface area contributed by atoms with Gasteiger partial charge in [-0.05, 0) is 38.1 Å². The molecule has 20 heavy (non-hydrogen) atoms. The lowest BCUT2D eigenvalue weighted by Gasteiger charge is -2.32. The molecule has 1 aliphatic heterocycles. The lowest BCUT2D eigenvalue weighted by Crippen LogP contribution is -2.41. The summed E-state index contributed by atoms with van der Waals surface area (Å²) in [4.78, 5) is 3.27. The topological polar surface area (TPSA) is 15.3 Å². The fourth-order valence-electron chi connectivity index (χ4n) is 2.38. The first-order valence-corrected chi connectivity index (χ1v) is 7.88. The van der Waals surface area contributed by atoms with Gasteiger partial charge < -0.3 is 10.2 Å². The predicted octanol–water partition coefficient (Wildman–Crippen LogP) is 3.77. The molecule has 7 heteroatoms. The molecule has 1 aliphatic rings. The smallest absolute Gasteiger partial charge is 0.311 e. The zero-order valence-corrected chi connectivity index (χ0v) is 12.6. The van der Waals surface area contributed by atoms with E-state index in [0.29, 0.717) is 13.1 Å². The lowest BCUT2D eigenvalue weighted by atomic mass is 9.96. The van der Waals surface area contributed by atoms with E-state index in [1.54, 1.807) is 11.3 Å². The Hall–Kier alpha value is -0.300. The molecule has 0 aliphatic carbocycles. The third-order valence-corrected chi connectivity index (χ3v) is 4.81. The molecular formula is C13H18ClF3N2S. The Morgan fingerprint density at radius 2 is 2.00 bits per heavy atom. The van der Waals surface area contributed by atoms with Gasteiger partial charge in [0.05, 0.1) is 10.3 Å². The number of thiophene rings is 1. The number of nitrogens with one attached hydrogen (secondary N) is 1. The van der Waals surface area contributed by atoms with Crippen molar-refractivity contribution in [3.05, 3.63) is 21.3 Å². The first-order valence-electron chi connectivity index (χ1n) is 6.69. The van der Waals surface area contributed by atoms with Crippen molar-refractivity contribution < 1.29 is 13.2 Å². The summed E-state index contributed by atoms with van der Waals surface area (Å²) < 4.78 is 38.3. The van der Waals surface area contributed by atoms with E-state index in [1.165, 1.54) is 4.88 Å². The molecule has 0 atom stereocenters.